The molecule has 3 rings (SSSR count). The van der Waals surface area contributed by atoms with Crippen LogP contribution in [0.4, 0.5) is 5.69 Å². The summed E-state index contributed by atoms with van der Waals surface area (Å²) >= 11 is 1.14. The lowest BCUT2D eigenvalue weighted by Crippen LogP contribution is -2.27. The van der Waals surface area contributed by atoms with Crippen molar-refractivity contribution in [1.29, 1.82) is 0 Å². The van der Waals surface area contributed by atoms with Crippen LogP contribution in [-0.4, -0.2) is 65.5 Å². The summed E-state index contributed by atoms with van der Waals surface area (Å²) in [7, 11) is -0.718. The number of H-pyrrole nitrogens is 1. The minimum atomic E-state index is -3.61. The maximum atomic E-state index is 12.6. The zero-order valence-electron chi connectivity index (χ0n) is 17.0. The summed E-state index contributed by atoms with van der Waals surface area (Å²) in [6.07, 6.45) is 1.80. The lowest BCUT2D eigenvalue weighted by molar-refractivity contribution is -0.115. The number of benzene rings is 1. The number of amides is 1. The number of aromatic nitrogens is 3. The van der Waals surface area contributed by atoms with Crippen molar-refractivity contribution in [3.8, 4) is 0 Å². The number of thioether (sulfide) groups is 1. The van der Waals surface area contributed by atoms with Crippen LogP contribution in [0, 0.1) is 0 Å². The van der Waals surface area contributed by atoms with Gasteiger partial charge in [-0.1, -0.05) is 17.8 Å². The number of aromatic amines is 1. The van der Waals surface area contributed by atoms with E-state index < -0.39 is 15.3 Å². The molecule has 2 aromatic rings. The van der Waals surface area contributed by atoms with E-state index in [1.54, 1.807) is 19.1 Å². The van der Waals surface area contributed by atoms with Crippen LogP contribution in [0.3, 0.4) is 0 Å². The van der Waals surface area contributed by atoms with Crippen LogP contribution in [0.1, 0.15) is 19.8 Å². The van der Waals surface area contributed by atoms with E-state index in [9.17, 15) is 18.0 Å². The Morgan fingerprint density at radius 3 is 2.90 bits per heavy atom. The normalized spacial score (nSPS) is 17.9. The average Bonchev–Trinajstić information content (AvgIpc) is 3.33. The summed E-state index contributed by atoms with van der Waals surface area (Å²) in [5.74, 6) is -0.335. The quantitative estimate of drug-likeness (QED) is 0.571. The summed E-state index contributed by atoms with van der Waals surface area (Å²) in [5.41, 5.74) is 0.0244. The first-order chi connectivity index (χ1) is 14.2. The van der Waals surface area contributed by atoms with E-state index in [0.29, 0.717) is 24.0 Å². The molecule has 1 amide bonds. The molecule has 2 N–H and O–H groups in total. The Balaban J connectivity index is 1.68. The Kier molecular flexibility index (Phi) is 7.01. The van der Waals surface area contributed by atoms with Gasteiger partial charge in [0.15, 0.2) is 5.16 Å². The third-order valence-corrected chi connectivity index (χ3v) is 7.57. The molecule has 0 aliphatic carbocycles. The Bertz CT molecular complexity index is 1060. The van der Waals surface area contributed by atoms with Crippen LogP contribution in [0.15, 0.2) is 39.1 Å². The summed E-state index contributed by atoms with van der Waals surface area (Å²) in [6, 6.07) is 6.06. The second kappa shape index (κ2) is 9.33. The van der Waals surface area contributed by atoms with Gasteiger partial charge in [0.2, 0.25) is 15.9 Å². The van der Waals surface area contributed by atoms with Gasteiger partial charge in [-0.15, -0.1) is 5.10 Å². The topological polar surface area (TPSA) is 126 Å². The molecule has 30 heavy (non-hydrogen) atoms. The molecule has 12 heteroatoms. The Hall–Kier alpha value is -2.15. The number of hydrogen-bond donors (Lipinski definition) is 2. The highest BCUT2D eigenvalue weighted by molar-refractivity contribution is 8.00. The van der Waals surface area contributed by atoms with E-state index in [1.165, 1.54) is 30.8 Å². The molecule has 2 atom stereocenters. The summed E-state index contributed by atoms with van der Waals surface area (Å²) in [5, 5.41) is 8.99. The summed E-state index contributed by atoms with van der Waals surface area (Å²) < 4.78 is 32.7. The highest BCUT2D eigenvalue weighted by atomic mass is 32.2. The molecule has 10 nitrogen and oxygen atoms in total. The first-order valence-electron chi connectivity index (χ1n) is 9.45. The molecule has 0 bridgehead atoms. The van der Waals surface area contributed by atoms with Gasteiger partial charge < -0.3 is 10.1 Å². The molecule has 164 valence electrons. The van der Waals surface area contributed by atoms with E-state index in [2.05, 4.69) is 15.5 Å². The maximum absolute atomic E-state index is 12.6. The van der Waals surface area contributed by atoms with Crippen LogP contribution in [-0.2, 0) is 26.1 Å². The largest absolute Gasteiger partial charge is 0.376 e. The number of anilines is 1. The molecule has 1 aliphatic heterocycles. The van der Waals surface area contributed by atoms with E-state index in [-0.39, 0.29) is 22.6 Å². The molecule has 1 aliphatic rings. The van der Waals surface area contributed by atoms with Crippen molar-refractivity contribution >= 4 is 33.4 Å². The molecule has 1 aromatic heterocycles. The van der Waals surface area contributed by atoms with Gasteiger partial charge in [0.1, 0.15) is 0 Å². The van der Waals surface area contributed by atoms with Crippen LogP contribution < -0.4 is 11.0 Å². The SMILES string of the molecule is CC(Sc1n[nH]c(=O)n1CC1CCCO1)C(=O)Nc1cccc(S(=O)(=O)N(C)C)c1. The van der Waals surface area contributed by atoms with Crippen LogP contribution in [0.5, 0.6) is 0 Å². The minimum absolute atomic E-state index is 0.0369. The number of hydrogen-bond acceptors (Lipinski definition) is 7. The number of nitrogens with one attached hydrogen (secondary N) is 2. The third-order valence-electron chi connectivity index (χ3n) is 4.67. The van der Waals surface area contributed by atoms with E-state index in [1.807, 2.05) is 0 Å². The molecule has 2 heterocycles. The Morgan fingerprint density at radius 1 is 1.47 bits per heavy atom. The van der Waals surface area contributed by atoms with Crippen LogP contribution in [0.2, 0.25) is 0 Å². The molecule has 0 radical (unpaired) electrons. The Morgan fingerprint density at radius 2 is 2.23 bits per heavy atom. The predicted molar refractivity (Wildman–Crippen MR) is 113 cm³/mol. The molecule has 1 aromatic carbocycles. The lowest BCUT2D eigenvalue weighted by atomic mass is 10.2. The summed E-state index contributed by atoms with van der Waals surface area (Å²) in [6.45, 7) is 2.76. The fraction of sp³-hybridized carbons (Fsp3) is 0.500. The van der Waals surface area contributed by atoms with Gasteiger partial charge in [0.05, 0.1) is 22.8 Å². The fourth-order valence-corrected chi connectivity index (χ4v) is 4.76. The number of carbonyl (C=O) groups is 1. The first-order valence-corrected chi connectivity index (χ1v) is 11.8. The maximum Gasteiger partial charge on any atom is 0.344 e. The van der Waals surface area contributed by atoms with Crippen molar-refractivity contribution in [2.75, 3.05) is 26.0 Å². The smallest absolute Gasteiger partial charge is 0.344 e. The van der Waals surface area contributed by atoms with Crippen molar-refractivity contribution in [1.82, 2.24) is 19.1 Å². The van der Waals surface area contributed by atoms with Gasteiger partial charge >= 0.3 is 5.69 Å². The third kappa shape index (κ3) is 5.12. The summed E-state index contributed by atoms with van der Waals surface area (Å²) in [4.78, 5) is 24.8. The van der Waals surface area contributed by atoms with Gasteiger partial charge in [-0.3, -0.25) is 9.36 Å². The van der Waals surface area contributed by atoms with Gasteiger partial charge in [-0.2, -0.15) is 0 Å². The monoisotopic (exact) mass is 455 g/mol. The second-order valence-corrected chi connectivity index (χ2v) is 10.6. The number of ether oxygens (including phenoxy) is 1. The van der Waals surface area contributed by atoms with Gasteiger partial charge in [-0.25, -0.2) is 22.6 Å². The van der Waals surface area contributed by atoms with Crippen LogP contribution in [0.25, 0.3) is 0 Å². The van der Waals surface area contributed by atoms with Crippen molar-refractivity contribution in [2.24, 2.45) is 0 Å². The van der Waals surface area contributed by atoms with Crippen molar-refractivity contribution in [3.63, 3.8) is 0 Å². The lowest BCUT2D eigenvalue weighted by Gasteiger charge is -2.15. The zero-order valence-corrected chi connectivity index (χ0v) is 18.6. The molecular formula is C18H25N5O5S2. The highest BCUT2D eigenvalue weighted by Gasteiger charge is 2.23. The van der Waals surface area contributed by atoms with Gasteiger partial charge in [0, 0.05) is 26.4 Å². The number of sulfonamides is 1. The van der Waals surface area contributed by atoms with Gasteiger partial charge in [0.25, 0.3) is 0 Å². The van der Waals surface area contributed by atoms with Crippen molar-refractivity contribution < 1.29 is 17.9 Å². The molecular weight excluding hydrogens is 430 g/mol. The number of nitrogens with zero attached hydrogens (tertiary/aromatic N) is 3. The van der Waals surface area contributed by atoms with Crippen LogP contribution >= 0.6 is 11.8 Å². The molecule has 0 spiro atoms. The number of rotatable bonds is 8. The van der Waals surface area contributed by atoms with Gasteiger partial charge in [-0.05, 0) is 38.0 Å². The second-order valence-electron chi connectivity index (χ2n) is 7.12. The molecule has 0 saturated carbocycles. The van der Waals surface area contributed by atoms with E-state index in [0.717, 1.165) is 28.9 Å². The highest BCUT2D eigenvalue weighted by Crippen LogP contribution is 2.24. The zero-order chi connectivity index (χ0) is 21.9. The molecule has 1 fully saturated rings. The Labute approximate surface area is 179 Å². The predicted octanol–water partition coefficient (Wildman–Crippen LogP) is 1.12. The minimum Gasteiger partial charge on any atom is -0.376 e. The van der Waals surface area contributed by atoms with E-state index in [4.69, 9.17) is 4.74 Å². The molecule has 2 unspecified atom stereocenters. The van der Waals surface area contributed by atoms with Crippen molar-refractivity contribution in [3.05, 3.63) is 34.7 Å². The van der Waals surface area contributed by atoms with Crippen molar-refractivity contribution in [2.45, 2.75) is 47.7 Å². The molecule has 1 saturated heterocycles. The average molecular weight is 456 g/mol. The number of carbonyl (C=O) groups excluding carboxylic acids is 1. The fourth-order valence-electron chi connectivity index (χ4n) is 2.95. The standard InChI is InChI=1S/C18H25N5O5S2/c1-12(29-18-21-20-17(25)23(18)11-14-7-5-9-28-14)16(24)19-13-6-4-8-15(10-13)30(26,27)22(2)3/h4,6,8,10,12,14H,5,7,9,11H2,1-3H3,(H,19,24)(H,20,25). The van der Waals surface area contributed by atoms with E-state index >= 15 is 0 Å². The first kappa shape index (κ1) is 22.5.